The Morgan fingerprint density at radius 1 is 1.12 bits per heavy atom. The molecule has 0 aliphatic rings. The maximum absolute atomic E-state index is 11.8. The van der Waals surface area contributed by atoms with Crippen molar-refractivity contribution < 1.29 is 14.3 Å². The molecular weight excluding hydrogens is 306 g/mol. The van der Waals surface area contributed by atoms with Gasteiger partial charge in [0.25, 0.3) is 0 Å². The summed E-state index contributed by atoms with van der Waals surface area (Å²) in [6, 6.07) is 11.8. The fourth-order valence-corrected chi connectivity index (χ4v) is 1.93. The lowest BCUT2D eigenvalue weighted by Gasteiger charge is -2.08. The van der Waals surface area contributed by atoms with Crippen molar-refractivity contribution in [2.75, 3.05) is 11.9 Å². The van der Waals surface area contributed by atoms with Crippen molar-refractivity contribution in [3.05, 3.63) is 59.9 Å². The molecule has 0 radical (unpaired) electrons. The molecule has 2 N–H and O–H groups in total. The van der Waals surface area contributed by atoms with E-state index >= 15 is 0 Å². The van der Waals surface area contributed by atoms with Crippen LogP contribution in [-0.4, -0.2) is 23.6 Å². The fourth-order valence-electron chi connectivity index (χ4n) is 1.93. The molecule has 6 nitrogen and oxygen atoms in total. The van der Waals surface area contributed by atoms with Gasteiger partial charge in [-0.3, -0.25) is 4.98 Å². The number of hydrogen-bond acceptors (Lipinski definition) is 4. The Bertz CT molecular complexity index is 657. The molecule has 0 bridgehead atoms. The molecule has 2 amide bonds. The molecule has 0 fully saturated rings. The number of nitrogens with zero attached hydrogens (tertiary/aromatic N) is 1. The molecule has 1 aromatic carbocycles. The predicted molar refractivity (Wildman–Crippen MR) is 91.7 cm³/mol. The molecule has 1 aromatic heterocycles. The van der Waals surface area contributed by atoms with Crippen LogP contribution in [0.2, 0.25) is 0 Å². The van der Waals surface area contributed by atoms with Crippen LogP contribution in [0.15, 0.2) is 48.7 Å². The predicted octanol–water partition coefficient (Wildman–Crippen LogP) is 3.36. The lowest BCUT2D eigenvalue weighted by Crippen LogP contribution is -2.28. The highest BCUT2D eigenvalue weighted by atomic mass is 16.5. The molecule has 126 valence electrons. The number of hydrogen-bond donors (Lipinski definition) is 2. The first kappa shape index (κ1) is 17.5. The van der Waals surface area contributed by atoms with E-state index in [1.54, 1.807) is 30.5 Å². The molecule has 2 rings (SSSR count). The molecule has 0 spiro atoms. The Hall–Kier alpha value is -2.89. The Labute approximate surface area is 141 Å². The summed E-state index contributed by atoms with van der Waals surface area (Å²) in [6.07, 6.45) is 3.50. The van der Waals surface area contributed by atoms with Gasteiger partial charge in [-0.1, -0.05) is 19.4 Å². The average Bonchev–Trinajstić information content (AvgIpc) is 2.61. The molecular formula is C18H21N3O3. The zero-order valence-corrected chi connectivity index (χ0v) is 13.6. The van der Waals surface area contributed by atoms with Gasteiger partial charge in [-0.2, -0.15) is 0 Å². The van der Waals surface area contributed by atoms with Gasteiger partial charge in [-0.15, -0.1) is 0 Å². The Morgan fingerprint density at radius 2 is 1.92 bits per heavy atom. The lowest BCUT2D eigenvalue weighted by atomic mass is 10.2. The Morgan fingerprint density at radius 3 is 2.58 bits per heavy atom. The minimum absolute atomic E-state index is 0.334. The van der Waals surface area contributed by atoms with Gasteiger partial charge >= 0.3 is 12.0 Å². The lowest BCUT2D eigenvalue weighted by molar-refractivity contribution is 0.0500. The average molecular weight is 327 g/mol. The van der Waals surface area contributed by atoms with Crippen LogP contribution in [0.25, 0.3) is 0 Å². The van der Waals surface area contributed by atoms with E-state index in [2.05, 4.69) is 15.6 Å². The highest BCUT2D eigenvalue weighted by Crippen LogP contribution is 2.11. The second-order valence-electron chi connectivity index (χ2n) is 5.20. The Balaban J connectivity index is 1.80. The summed E-state index contributed by atoms with van der Waals surface area (Å²) >= 11 is 0. The van der Waals surface area contributed by atoms with Gasteiger partial charge in [-0.05, 0) is 42.8 Å². The molecule has 24 heavy (non-hydrogen) atoms. The summed E-state index contributed by atoms with van der Waals surface area (Å²) in [6.45, 7) is 2.80. The number of pyridine rings is 1. The van der Waals surface area contributed by atoms with E-state index in [1.807, 2.05) is 25.1 Å². The van der Waals surface area contributed by atoms with Gasteiger partial charge in [0.1, 0.15) is 0 Å². The van der Waals surface area contributed by atoms with Crippen LogP contribution in [0.1, 0.15) is 35.8 Å². The molecule has 0 saturated heterocycles. The molecule has 0 atom stereocenters. The Kier molecular flexibility index (Phi) is 6.76. The number of aromatic nitrogens is 1. The molecule has 0 saturated carbocycles. The largest absolute Gasteiger partial charge is 0.462 e. The van der Waals surface area contributed by atoms with Gasteiger partial charge in [0.05, 0.1) is 24.4 Å². The van der Waals surface area contributed by atoms with Crippen LogP contribution in [-0.2, 0) is 11.3 Å². The summed E-state index contributed by atoms with van der Waals surface area (Å²) in [5, 5.41) is 5.42. The number of urea groups is 1. The number of unbranched alkanes of at least 4 members (excludes halogenated alkanes) is 1. The van der Waals surface area contributed by atoms with Gasteiger partial charge in [-0.25, -0.2) is 9.59 Å². The summed E-state index contributed by atoms with van der Waals surface area (Å²) in [7, 11) is 0. The zero-order valence-electron chi connectivity index (χ0n) is 13.6. The third-order valence-corrected chi connectivity index (χ3v) is 3.27. The van der Waals surface area contributed by atoms with Gasteiger partial charge in [0.2, 0.25) is 0 Å². The monoisotopic (exact) mass is 327 g/mol. The van der Waals surface area contributed by atoms with Crippen LogP contribution in [0.5, 0.6) is 0 Å². The van der Waals surface area contributed by atoms with Crippen molar-refractivity contribution in [2.24, 2.45) is 0 Å². The molecule has 0 aliphatic carbocycles. The molecule has 6 heteroatoms. The summed E-state index contributed by atoms with van der Waals surface area (Å²) in [5.41, 5.74) is 1.84. The number of carbonyl (C=O) groups is 2. The number of nitrogens with one attached hydrogen (secondary N) is 2. The van der Waals surface area contributed by atoms with Crippen molar-refractivity contribution in [1.29, 1.82) is 0 Å². The summed E-state index contributed by atoms with van der Waals surface area (Å²) in [4.78, 5) is 27.7. The highest BCUT2D eigenvalue weighted by Gasteiger charge is 2.07. The molecule has 0 aliphatic heterocycles. The zero-order chi connectivity index (χ0) is 17.2. The highest BCUT2D eigenvalue weighted by molar-refractivity contribution is 5.92. The fraction of sp³-hybridized carbons (Fsp3) is 0.278. The topological polar surface area (TPSA) is 80.3 Å². The van der Waals surface area contributed by atoms with Crippen LogP contribution in [0.4, 0.5) is 10.5 Å². The molecule has 1 heterocycles. The number of anilines is 1. The van der Waals surface area contributed by atoms with E-state index in [9.17, 15) is 9.59 Å². The van der Waals surface area contributed by atoms with E-state index in [0.29, 0.717) is 24.4 Å². The van der Waals surface area contributed by atoms with E-state index < -0.39 is 0 Å². The normalized spacial score (nSPS) is 10.0. The van der Waals surface area contributed by atoms with Gasteiger partial charge in [0, 0.05) is 11.9 Å². The van der Waals surface area contributed by atoms with Crippen molar-refractivity contribution in [3.63, 3.8) is 0 Å². The second-order valence-corrected chi connectivity index (χ2v) is 5.20. The van der Waals surface area contributed by atoms with Crippen LogP contribution in [0.3, 0.4) is 0 Å². The minimum Gasteiger partial charge on any atom is -0.462 e. The second kappa shape index (κ2) is 9.29. The SMILES string of the molecule is CCCCOC(=O)c1ccc(NC(=O)NCc2ccccn2)cc1. The third kappa shape index (κ3) is 5.72. The number of carbonyl (C=O) groups excluding carboxylic acids is 2. The standard InChI is InChI=1S/C18H21N3O3/c1-2-3-12-24-17(22)14-7-9-15(10-8-14)21-18(23)20-13-16-6-4-5-11-19-16/h4-11H,2-3,12-13H2,1H3,(H2,20,21,23). The minimum atomic E-state index is -0.352. The van der Waals surface area contributed by atoms with Crippen molar-refractivity contribution in [3.8, 4) is 0 Å². The molecule has 2 aromatic rings. The van der Waals surface area contributed by atoms with Crippen molar-refractivity contribution in [1.82, 2.24) is 10.3 Å². The van der Waals surface area contributed by atoms with Crippen molar-refractivity contribution in [2.45, 2.75) is 26.3 Å². The smallest absolute Gasteiger partial charge is 0.338 e. The van der Waals surface area contributed by atoms with Crippen LogP contribution in [0, 0.1) is 0 Å². The number of ether oxygens (including phenoxy) is 1. The van der Waals surface area contributed by atoms with Crippen molar-refractivity contribution >= 4 is 17.7 Å². The quantitative estimate of drug-likeness (QED) is 0.603. The third-order valence-electron chi connectivity index (χ3n) is 3.27. The van der Waals surface area contributed by atoms with E-state index in [-0.39, 0.29) is 12.0 Å². The summed E-state index contributed by atoms with van der Waals surface area (Å²) < 4.78 is 5.13. The molecule has 0 unspecified atom stereocenters. The van der Waals surface area contributed by atoms with Crippen LogP contribution >= 0.6 is 0 Å². The number of benzene rings is 1. The van der Waals surface area contributed by atoms with E-state index in [0.717, 1.165) is 18.5 Å². The first-order chi connectivity index (χ1) is 11.7. The number of esters is 1. The van der Waals surface area contributed by atoms with Crippen LogP contribution < -0.4 is 10.6 Å². The summed E-state index contributed by atoms with van der Waals surface area (Å²) in [5.74, 6) is -0.352. The maximum atomic E-state index is 11.8. The number of rotatable bonds is 7. The van der Waals surface area contributed by atoms with E-state index in [4.69, 9.17) is 4.74 Å². The maximum Gasteiger partial charge on any atom is 0.338 e. The van der Waals surface area contributed by atoms with Gasteiger partial charge in [0.15, 0.2) is 0 Å². The van der Waals surface area contributed by atoms with Gasteiger partial charge < -0.3 is 15.4 Å². The van der Waals surface area contributed by atoms with E-state index in [1.165, 1.54) is 0 Å². The first-order valence-corrected chi connectivity index (χ1v) is 7.91. The number of amides is 2. The first-order valence-electron chi connectivity index (χ1n) is 7.91.